The van der Waals surface area contributed by atoms with Crippen molar-refractivity contribution in [3.63, 3.8) is 0 Å². The lowest BCUT2D eigenvalue weighted by molar-refractivity contribution is -0.113. The summed E-state index contributed by atoms with van der Waals surface area (Å²) in [6.07, 6.45) is 6.74. The quantitative estimate of drug-likeness (QED) is 0.360. The molecule has 0 aliphatic carbocycles. The molecule has 0 N–H and O–H groups in total. The molecule has 3 aromatic carbocycles. The Hall–Kier alpha value is -3.79. The number of hydrogen-bond donors (Lipinski definition) is 0. The molecule has 4 aromatic rings. The number of halogens is 1. The van der Waals surface area contributed by atoms with Crippen LogP contribution < -0.4 is 0 Å². The van der Waals surface area contributed by atoms with Gasteiger partial charge in [-0.15, -0.1) is 0 Å². The molecule has 0 amide bonds. The van der Waals surface area contributed by atoms with Crippen molar-refractivity contribution in [2.45, 2.75) is 13.3 Å². The monoisotopic (exact) mass is 397 g/mol. The van der Waals surface area contributed by atoms with Gasteiger partial charge in [-0.2, -0.15) is 0 Å². The zero-order valence-electron chi connectivity index (χ0n) is 16.5. The maximum atomic E-state index is 12.9. The molecule has 0 saturated carbocycles. The summed E-state index contributed by atoms with van der Waals surface area (Å²) in [7, 11) is 0. The summed E-state index contributed by atoms with van der Waals surface area (Å²) in [6.45, 7) is 2.06. The smallest absolute Gasteiger partial charge is 0.225 e. The van der Waals surface area contributed by atoms with E-state index in [9.17, 15) is 9.18 Å². The van der Waals surface area contributed by atoms with Gasteiger partial charge >= 0.3 is 0 Å². The van der Waals surface area contributed by atoms with E-state index in [2.05, 4.69) is 18.0 Å². The molecular weight excluding hydrogens is 377 g/mol. The van der Waals surface area contributed by atoms with E-state index in [0.29, 0.717) is 12.3 Å². The highest BCUT2D eigenvalue weighted by molar-refractivity contribution is 5.95. The summed E-state index contributed by atoms with van der Waals surface area (Å²) in [4.78, 5) is 16.5. The number of ketones is 1. The van der Waals surface area contributed by atoms with Crippen molar-refractivity contribution in [1.82, 2.24) is 4.98 Å². The van der Waals surface area contributed by atoms with Crippen molar-refractivity contribution in [3.8, 4) is 22.6 Å². The number of aromatic nitrogens is 1. The zero-order valence-corrected chi connectivity index (χ0v) is 16.5. The van der Waals surface area contributed by atoms with E-state index in [0.717, 1.165) is 33.4 Å². The number of aryl methyl sites for hydroxylation is 1. The van der Waals surface area contributed by atoms with Gasteiger partial charge in [-0.05, 0) is 65.1 Å². The van der Waals surface area contributed by atoms with E-state index in [1.165, 1.54) is 18.2 Å². The Kier molecular flexibility index (Phi) is 5.66. The van der Waals surface area contributed by atoms with Crippen LogP contribution in [0, 0.1) is 12.7 Å². The van der Waals surface area contributed by atoms with Gasteiger partial charge in [0.2, 0.25) is 5.89 Å². The first kappa shape index (κ1) is 19.5. The Balaban J connectivity index is 1.47. The molecule has 1 aromatic heterocycles. The predicted molar refractivity (Wildman–Crippen MR) is 116 cm³/mol. The lowest BCUT2D eigenvalue weighted by atomic mass is 9.96. The number of carbonyl (C=O) groups excluding carboxylic acids is 1. The summed E-state index contributed by atoms with van der Waals surface area (Å²) in [5, 5.41) is 0. The number of allylic oxidation sites excluding steroid dienone is 1. The topological polar surface area (TPSA) is 43.1 Å². The molecule has 0 unspecified atom stereocenters. The summed E-state index contributed by atoms with van der Waals surface area (Å²) in [5.41, 5.74) is 5.97. The third kappa shape index (κ3) is 4.61. The molecule has 0 spiro atoms. The zero-order chi connectivity index (χ0) is 20.9. The van der Waals surface area contributed by atoms with E-state index in [4.69, 9.17) is 4.42 Å². The third-order valence-electron chi connectivity index (χ3n) is 4.89. The Morgan fingerprint density at radius 3 is 2.43 bits per heavy atom. The number of nitrogens with zero attached hydrogens (tertiary/aromatic N) is 1. The second-order valence-corrected chi connectivity index (χ2v) is 7.09. The number of rotatable bonds is 6. The fourth-order valence-corrected chi connectivity index (χ4v) is 3.26. The lowest BCUT2D eigenvalue weighted by Crippen LogP contribution is -1.98. The molecule has 30 heavy (non-hydrogen) atoms. The van der Waals surface area contributed by atoms with Gasteiger partial charge in [-0.1, -0.05) is 48.5 Å². The highest BCUT2D eigenvalue weighted by atomic mass is 19.1. The molecule has 4 rings (SSSR count). The minimum Gasteiger partial charge on any atom is -0.445 e. The predicted octanol–water partition coefficient (Wildman–Crippen LogP) is 6.28. The number of benzene rings is 3. The summed E-state index contributed by atoms with van der Waals surface area (Å²) >= 11 is 0. The second kappa shape index (κ2) is 8.70. The molecular formula is C26H20FNO2. The first-order valence-corrected chi connectivity index (χ1v) is 9.65. The first-order valence-electron chi connectivity index (χ1n) is 9.65. The van der Waals surface area contributed by atoms with Gasteiger partial charge in [0, 0.05) is 12.0 Å². The third-order valence-corrected chi connectivity index (χ3v) is 4.89. The van der Waals surface area contributed by atoms with Crippen LogP contribution in [0.1, 0.15) is 16.7 Å². The molecule has 0 bridgehead atoms. The van der Waals surface area contributed by atoms with Gasteiger partial charge < -0.3 is 4.42 Å². The standard InChI is InChI=1S/C26H20FNO2/c1-18-2-8-22(26-28-14-15-30-26)17-25(18)21-9-3-20(4-10-21)16-24(29)13-7-19-5-11-23(27)12-6-19/h2-15,17H,16H2,1H3/b13-7+. The van der Waals surface area contributed by atoms with Crippen molar-refractivity contribution >= 4 is 11.9 Å². The van der Waals surface area contributed by atoms with E-state index in [1.54, 1.807) is 30.7 Å². The van der Waals surface area contributed by atoms with E-state index in [1.807, 2.05) is 36.4 Å². The summed E-state index contributed by atoms with van der Waals surface area (Å²) in [6, 6.07) is 20.1. The summed E-state index contributed by atoms with van der Waals surface area (Å²) in [5.74, 6) is 0.292. The van der Waals surface area contributed by atoms with Gasteiger partial charge in [-0.25, -0.2) is 9.37 Å². The van der Waals surface area contributed by atoms with Crippen LogP contribution in [0.2, 0.25) is 0 Å². The molecule has 0 aliphatic heterocycles. The Morgan fingerprint density at radius 1 is 1.00 bits per heavy atom. The van der Waals surface area contributed by atoms with Gasteiger partial charge in [-0.3, -0.25) is 4.79 Å². The van der Waals surface area contributed by atoms with Gasteiger partial charge in [0.05, 0.1) is 6.20 Å². The Morgan fingerprint density at radius 2 is 1.73 bits per heavy atom. The number of hydrogen-bond acceptors (Lipinski definition) is 3. The van der Waals surface area contributed by atoms with Crippen LogP contribution in [-0.2, 0) is 11.2 Å². The fraction of sp³-hybridized carbons (Fsp3) is 0.0769. The SMILES string of the molecule is Cc1ccc(-c2ncco2)cc1-c1ccc(CC(=O)/C=C/c2ccc(F)cc2)cc1. The normalized spacial score (nSPS) is 11.1. The molecule has 0 fully saturated rings. The number of carbonyl (C=O) groups is 1. The van der Waals surface area contributed by atoms with Crippen molar-refractivity contribution in [1.29, 1.82) is 0 Å². The molecule has 4 heteroatoms. The summed E-state index contributed by atoms with van der Waals surface area (Å²) < 4.78 is 18.3. The van der Waals surface area contributed by atoms with Gasteiger partial charge in [0.15, 0.2) is 5.78 Å². The van der Waals surface area contributed by atoms with Gasteiger partial charge in [0.25, 0.3) is 0 Å². The molecule has 0 saturated heterocycles. The molecule has 0 atom stereocenters. The number of oxazole rings is 1. The average Bonchev–Trinajstić information content (AvgIpc) is 3.29. The highest BCUT2D eigenvalue weighted by Crippen LogP contribution is 2.29. The van der Waals surface area contributed by atoms with Crippen LogP contribution in [-0.4, -0.2) is 10.8 Å². The highest BCUT2D eigenvalue weighted by Gasteiger charge is 2.08. The minimum atomic E-state index is -0.292. The van der Waals surface area contributed by atoms with Crippen molar-refractivity contribution < 1.29 is 13.6 Å². The van der Waals surface area contributed by atoms with Crippen LogP contribution in [0.15, 0.2) is 89.7 Å². The molecule has 0 aliphatic rings. The first-order chi connectivity index (χ1) is 14.6. The van der Waals surface area contributed by atoms with Crippen molar-refractivity contribution in [2.24, 2.45) is 0 Å². The lowest BCUT2D eigenvalue weighted by Gasteiger charge is -2.09. The Bertz CT molecular complexity index is 1170. The fourth-order valence-electron chi connectivity index (χ4n) is 3.26. The largest absolute Gasteiger partial charge is 0.445 e. The van der Waals surface area contributed by atoms with Crippen LogP contribution >= 0.6 is 0 Å². The van der Waals surface area contributed by atoms with Crippen LogP contribution in [0.5, 0.6) is 0 Å². The average molecular weight is 397 g/mol. The molecule has 1 heterocycles. The molecule has 0 radical (unpaired) electrons. The van der Waals surface area contributed by atoms with Crippen LogP contribution in [0.3, 0.4) is 0 Å². The van der Waals surface area contributed by atoms with E-state index < -0.39 is 0 Å². The van der Waals surface area contributed by atoms with Crippen LogP contribution in [0.4, 0.5) is 4.39 Å². The van der Waals surface area contributed by atoms with Gasteiger partial charge in [0.1, 0.15) is 12.1 Å². The van der Waals surface area contributed by atoms with Crippen molar-refractivity contribution in [2.75, 3.05) is 0 Å². The minimum absolute atomic E-state index is 0.00542. The second-order valence-electron chi connectivity index (χ2n) is 7.09. The molecule has 3 nitrogen and oxygen atoms in total. The maximum absolute atomic E-state index is 12.9. The Labute approximate surface area is 174 Å². The van der Waals surface area contributed by atoms with Crippen LogP contribution in [0.25, 0.3) is 28.7 Å². The van der Waals surface area contributed by atoms with E-state index in [-0.39, 0.29) is 11.6 Å². The van der Waals surface area contributed by atoms with E-state index >= 15 is 0 Å². The molecule has 148 valence electrons. The maximum Gasteiger partial charge on any atom is 0.225 e. The van der Waals surface area contributed by atoms with Crippen molar-refractivity contribution in [3.05, 3.63) is 108 Å².